The molecule has 0 atom stereocenters. The van der Waals surface area contributed by atoms with Gasteiger partial charge in [0.25, 0.3) is 0 Å². The monoisotopic (exact) mass is 430 g/mol. The van der Waals surface area contributed by atoms with Gasteiger partial charge in [-0.05, 0) is 54.7 Å². The van der Waals surface area contributed by atoms with E-state index in [0.717, 1.165) is 24.3 Å². The summed E-state index contributed by atoms with van der Waals surface area (Å²) in [5.41, 5.74) is 4.19. The lowest BCUT2D eigenvalue weighted by molar-refractivity contribution is -0.137. The minimum atomic E-state index is -0.128. The van der Waals surface area contributed by atoms with Crippen molar-refractivity contribution in [2.75, 3.05) is 25.0 Å². The Labute approximate surface area is 186 Å². The highest BCUT2D eigenvalue weighted by atomic mass is 16.2. The summed E-state index contributed by atoms with van der Waals surface area (Å²) >= 11 is 0. The fourth-order valence-corrected chi connectivity index (χ4v) is 4.51. The van der Waals surface area contributed by atoms with Gasteiger partial charge in [0.05, 0.1) is 5.69 Å². The van der Waals surface area contributed by atoms with Crippen molar-refractivity contribution < 1.29 is 9.59 Å². The van der Waals surface area contributed by atoms with E-state index in [9.17, 15) is 9.59 Å². The van der Waals surface area contributed by atoms with Crippen LogP contribution in [-0.4, -0.2) is 56.1 Å². The summed E-state index contributed by atoms with van der Waals surface area (Å²) in [5, 5.41) is 7.04. The van der Waals surface area contributed by atoms with Crippen LogP contribution in [0.25, 0.3) is 5.69 Å². The molecule has 1 aromatic heterocycles. The molecule has 0 saturated carbocycles. The van der Waals surface area contributed by atoms with Crippen LogP contribution in [0.15, 0.2) is 61.2 Å². The number of piperidine rings is 1. The molecule has 164 valence electrons. The minimum absolute atomic E-state index is 0.00808. The molecule has 8 nitrogen and oxygen atoms in total. The Morgan fingerprint density at radius 1 is 0.906 bits per heavy atom. The van der Waals surface area contributed by atoms with E-state index in [1.54, 1.807) is 15.9 Å². The van der Waals surface area contributed by atoms with Crippen molar-refractivity contribution in [1.29, 1.82) is 0 Å². The third-order valence-electron chi connectivity index (χ3n) is 6.38. The quantitative estimate of drug-likeness (QED) is 0.692. The van der Waals surface area contributed by atoms with E-state index in [4.69, 9.17) is 0 Å². The number of aromatic nitrogens is 3. The van der Waals surface area contributed by atoms with Gasteiger partial charge in [-0.15, -0.1) is 0 Å². The summed E-state index contributed by atoms with van der Waals surface area (Å²) in [6.07, 6.45) is 5.43. The van der Waals surface area contributed by atoms with Crippen molar-refractivity contribution in [3.8, 4) is 5.69 Å². The van der Waals surface area contributed by atoms with Gasteiger partial charge in [0.1, 0.15) is 12.7 Å². The average Bonchev–Trinajstić information content (AvgIpc) is 3.39. The lowest BCUT2D eigenvalue weighted by Gasteiger charge is -2.36. The summed E-state index contributed by atoms with van der Waals surface area (Å²) in [5.74, 6) is 0.217. The maximum atomic E-state index is 13.1. The summed E-state index contributed by atoms with van der Waals surface area (Å²) in [4.78, 5) is 33.5. The van der Waals surface area contributed by atoms with E-state index in [2.05, 4.69) is 33.6 Å². The molecular weight excluding hydrogens is 404 g/mol. The van der Waals surface area contributed by atoms with Crippen LogP contribution >= 0.6 is 0 Å². The van der Waals surface area contributed by atoms with E-state index >= 15 is 0 Å². The Kier molecular flexibility index (Phi) is 5.58. The van der Waals surface area contributed by atoms with Crippen LogP contribution in [0.2, 0.25) is 0 Å². The Morgan fingerprint density at radius 3 is 2.38 bits per heavy atom. The molecule has 2 aliphatic heterocycles. The molecule has 1 N–H and O–H groups in total. The summed E-state index contributed by atoms with van der Waals surface area (Å²) < 4.78 is 1.66. The highest BCUT2D eigenvalue weighted by Crippen LogP contribution is 2.25. The summed E-state index contributed by atoms with van der Waals surface area (Å²) in [7, 11) is 0. The van der Waals surface area contributed by atoms with Gasteiger partial charge in [-0.3, -0.25) is 4.79 Å². The highest BCUT2D eigenvalue weighted by molar-refractivity contribution is 5.89. The molecule has 1 saturated heterocycles. The average molecular weight is 431 g/mol. The first kappa shape index (κ1) is 20.2. The predicted molar refractivity (Wildman–Crippen MR) is 120 cm³/mol. The standard InChI is InChI=1S/C24H26N6O2/c31-23(29-14-9-18-3-1-2-4-20(18)15-29)19-10-12-28(13-11-19)24(32)27-21-5-7-22(8-6-21)30-17-25-16-26-30/h1-8,16-17,19H,9-15H2,(H,27,32). The van der Waals surface area contributed by atoms with Gasteiger partial charge in [-0.1, -0.05) is 24.3 Å². The second-order valence-electron chi connectivity index (χ2n) is 8.36. The molecule has 0 bridgehead atoms. The first-order valence-electron chi connectivity index (χ1n) is 11.0. The molecule has 3 heterocycles. The number of carbonyl (C=O) groups is 2. The second kappa shape index (κ2) is 8.82. The minimum Gasteiger partial charge on any atom is -0.338 e. The fourth-order valence-electron chi connectivity index (χ4n) is 4.51. The lowest BCUT2D eigenvalue weighted by atomic mass is 9.93. The first-order chi connectivity index (χ1) is 15.7. The number of rotatable bonds is 3. The van der Waals surface area contributed by atoms with Gasteiger partial charge in [-0.2, -0.15) is 5.10 Å². The van der Waals surface area contributed by atoms with Crippen LogP contribution in [-0.2, 0) is 17.8 Å². The van der Waals surface area contributed by atoms with Crippen LogP contribution in [0.3, 0.4) is 0 Å². The van der Waals surface area contributed by atoms with Gasteiger partial charge < -0.3 is 15.1 Å². The number of benzene rings is 2. The van der Waals surface area contributed by atoms with Crippen molar-refractivity contribution in [3.05, 3.63) is 72.3 Å². The Morgan fingerprint density at radius 2 is 1.66 bits per heavy atom. The molecule has 5 rings (SSSR count). The zero-order chi connectivity index (χ0) is 21.9. The zero-order valence-electron chi connectivity index (χ0n) is 17.9. The molecule has 1 fully saturated rings. The predicted octanol–water partition coefficient (Wildman–Crippen LogP) is 3.10. The summed E-state index contributed by atoms with van der Waals surface area (Å²) in [6.45, 7) is 2.65. The van der Waals surface area contributed by atoms with E-state index < -0.39 is 0 Å². The molecule has 3 amide bonds. The third-order valence-corrected chi connectivity index (χ3v) is 6.38. The van der Waals surface area contributed by atoms with Crippen molar-refractivity contribution >= 4 is 17.6 Å². The Bertz CT molecular complexity index is 1090. The van der Waals surface area contributed by atoms with Crippen LogP contribution < -0.4 is 5.32 Å². The number of nitrogens with one attached hydrogen (secondary N) is 1. The van der Waals surface area contributed by atoms with E-state index in [0.29, 0.717) is 32.5 Å². The van der Waals surface area contributed by atoms with E-state index in [-0.39, 0.29) is 17.9 Å². The van der Waals surface area contributed by atoms with Crippen molar-refractivity contribution in [2.24, 2.45) is 5.92 Å². The smallest absolute Gasteiger partial charge is 0.321 e. The normalized spacial score (nSPS) is 16.5. The van der Waals surface area contributed by atoms with Crippen LogP contribution in [0.5, 0.6) is 0 Å². The number of fused-ring (bicyclic) bond motifs is 1. The van der Waals surface area contributed by atoms with Crippen LogP contribution in [0.1, 0.15) is 24.0 Å². The van der Waals surface area contributed by atoms with Gasteiger partial charge in [0.15, 0.2) is 0 Å². The molecular formula is C24H26N6O2. The first-order valence-corrected chi connectivity index (χ1v) is 11.0. The number of urea groups is 1. The van der Waals surface area contributed by atoms with Gasteiger partial charge >= 0.3 is 6.03 Å². The lowest BCUT2D eigenvalue weighted by Crippen LogP contribution is -2.46. The number of hydrogen-bond acceptors (Lipinski definition) is 4. The molecule has 0 aliphatic carbocycles. The second-order valence-corrected chi connectivity index (χ2v) is 8.36. The molecule has 32 heavy (non-hydrogen) atoms. The third kappa shape index (κ3) is 4.21. The molecule has 0 radical (unpaired) electrons. The molecule has 0 spiro atoms. The number of amides is 3. The van der Waals surface area contributed by atoms with Crippen LogP contribution in [0.4, 0.5) is 10.5 Å². The zero-order valence-corrected chi connectivity index (χ0v) is 17.9. The number of carbonyl (C=O) groups excluding carboxylic acids is 2. The van der Waals surface area contributed by atoms with Crippen molar-refractivity contribution in [2.45, 2.75) is 25.8 Å². The van der Waals surface area contributed by atoms with Crippen molar-refractivity contribution in [3.63, 3.8) is 0 Å². The maximum Gasteiger partial charge on any atom is 0.321 e. The molecule has 2 aromatic carbocycles. The number of nitrogens with zero attached hydrogens (tertiary/aromatic N) is 5. The molecule has 2 aliphatic rings. The molecule has 0 unspecified atom stereocenters. The number of likely N-dealkylation sites (tertiary alicyclic amines) is 1. The van der Waals surface area contributed by atoms with Crippen LogP contribution in [0, 0.1) is 5.92 Å². The van der Waals surface area contributed by atoms with E-state index in [1.807, 2.05) is 35.2 Å². The molecule has 8 heteroatoms. The number of anilines is 1. The maximum absolute atomic E-state index is 13.1. The van der Waals surface area contributed by atoms with E-state index in [1.165, 1.54) is 17.5 Å². The largest absolute Gasteiger partial charge is 0.338 e. The Balaban J connectivity index is 1.13. The highest BCUT2D eigenvalue weighted by Gasteiger charge is 2.31. The fraction of sp³-hybridized carbons (Fsp3) is 0.333. The number of hydrogen-bond donors (Lipinski definition) is 1. The Hall–Kier alpha value is -3.68. The SMILES string of the molecule is O=C(Nc1ccc(-n2cncn2)cc1)N1CCC(C(=O)N2CCc3ccccc3C2)CC1. The van der Waals surface area contributed by atoms with Gasteiger partial charge in [-0.25, -0.2) is 14.5 Å². The molecule has 3 aromatic rings. The van der Waals surface area contributed by atoms with Crippen molar-refractivity contribution in [1.82, 2.24) is 24.6 Å². The summed E-state index contributed by atoms with van der Waals surface area (Å²) in [6, 6.07) is 15.7. The van der Waals surface area contributed by atoms with Gasteiger partial charge in [0.2, 0.25) is 5.91 Å². The topological polar surface area (TPSA) is 83.4 Å². The van der Waals surface area contributed by atoms with Gasteiger partial charge in [0, 0.05) is 37.8 Å².